The smallest absolute Gasteiger partial charge is 0.251 e. The molecule has 158 valence electrons. The van der Waals surface area contributed by atoms with Crippen LogP contribution in [0.2, 0.25) is 0 Å². The van der Waals surface area contributed by atoms with Gasteiger partial charge in [0.05, 0.1) is 11.7 Å². The molecule has 5 rings (SSSR count). The van der Waals surface area contributed by atoms with Gasteiger partial charge >= 0.3 is 0 Å². The minimum Gasteiger partial charge on any atom is -0.376 e. The number of thioether (sulfide) groups is 1. The molecule has 1 aromatic heterocycles. The third-order valence-corrected chi connectivity index (χ3v) is 7.42. The predicted molar refractivity (Wildman–Crippen MR) is 122 cm³/mol. The number of fused-ring (bicyclic) bond motifs is 3. The quantitative estimate of drug-likeness (QED) is 0.687. The van der Waals surface area contributed by atoms with Gasteiger partial charge in [0.2, 0.25) is 0 Å². The van der Waals surface area contributed by atoms with E-state index in [1.807, 2.05) is 36.2 Å². The topological polar surface area (TPSA) is 69.3 Å². The van der Waals surface area contributed by atoms with E-state index in [4.69, 9.17) is 0 Å². The summed E-state index contributed by atoms with van der Waals surface area (Å²) in [5.41, 5.74) is 4.13. The minimum absolute atomic E-state index is 0.0191. The molecule has 2 fully saturated rings. The number of benzene rings is 1. The van der Waals surface area contributed by atoms with Crippen molar-refractivity contribution in [1.29, 1.82) is 0 Å². The van der Waals surface area contributed by atoms with Crippen molar-refractivity contribution in [2.45, 2.75) is 18.5 Å². The van der Waals surface area contributed by atoms with Gasteiger partial charge in [-0.2, -0.15) is 11.8 Å². The molecule has 0 bridgehead atoms. The summed E-state index contributed by atoms with van der Waals surface area (Å²) in [7, 11) is 0. The first-order valence-corrected chi connectivity index (χ1v) is 12.1. The zero-order valence-corrected chi connectivity index (χ0v) is 18.0. The lowest BCUT2D eigenvalue weighted by molar-refractivity contribution is 0.0948. The van der Waals surface area contributed by atoms with E-state index in [9.17, 15) is 4.79 Å². The zero-order chi connectivity index (χ0) is 20.3. The molecule has 3 atom stereocenters. The van der Waals surface area contributed by atoms with Crippen molar-refractivity contribution in [1.82, 2.24) is 20.5 Å². The molecule has 3 aliphatic heterocycles. The normalized spacial score (nSPS) is 25.8. The summed E-state index contributed by atoms with van der Waals surface area (Å²) in [4.78, 5) is 19.8. The summed E-state index contributed by atoms with van der Waals surface area (Å²) >= 11 is 2.01. The molecule has 0 saturated carbocycles. The molecule has 3 N–H and O–H groups in total. The molecule has 7 heteroatoms. The molecule has 0 aliphatic carbocycles. The third kappa shape index (κ3) is 4.06. The number of anilines is 1. The molecule has 2 aromatic rings. The van der Waals surface area contributed by atoms with Crippen molar-refractivity contribution in [3.8, 4) is 0 Å². The Morgan fingerprint density at radius 2 is 2.10 bits per heavy atom. The Balaban J connectivity index is 1.29. The van der Waals surface area contributed by atoms with E-state index in [-0.39, 0.29) is 18.0 Å². The largest absolute Gasteiger partial charge is 0.376 e. The summed E-state index contributed by atoms with van der Waals surface area (Å²) in [6, 6.07) is 12.6. The highest BCUT2D eigenvalue weighted by atomic mass is 32.2. The molecule has 1 amide bonds. The molecular formula is C23H29N5OS. The van der Waals surface area contributed by atoms with Crippen LogP contribution in [0.5, 0.6) is 0 Å². The van der Waals surface area contributed by atoms with Crippen LogP contribution < -0.4 is 16.0 Å². The lowest BCUT2D eigenvalue weighted by atomic mass is 9.81. The number of pyridine rings is 1. The van der Waals surface area contributed by atoms with E-state index in [1.54, 1.807) is 0 Å². The van der Waals surface area contributed by atoms with Crippen LogP contribution in [0.3, 0.4) is 0 Å². The maximum atomic E-state index is 12.8. The van der Waals surface area contributed by atoms with Gasteiger partial charge in [0.25, 0.3) is 5.91 Å². The van der Waals surface area contributed by atoms with E-state index in [0.29, 0.717) is 12.5 Å². The molecular weight excluding hydrogens is 394 g/mol. The monoisotopic (exact) mass is 423 g/mol. The second kappa shape index (κ2) is 8.96. The number of aromatic nitrogens is 1. The van der Waals surface area contributed by atoms with Gasteiger partial charge in [-0.3, -0.25) is 14.7 Å². The Morgan fingerprint density at radius 1 is 1.20 bits per heavy atom. The van der Waals surface area contributed by atoms with Crippen LogP contribution >= 0.6 is 11.8 Å². The highest BCUT2D eigenvalue weighted by Crippen LogP contribution is 2.46. The zero-order valence-electron chi connectivity index (χ0n) is 17.1. The molecule has 6 nitrogen and oxygen atoms in total. The van der Waals surface area contributed by atoms with E-state index in [2.05, 4.69) is 44.0 Å². The van der Waals surface area contributed by atoms with Crippen LogP contribution in [-0.2, 0) is 0 Å². The van der Waals surface area contributed by atoms with Gasteiger partial charge in [-0.05, 0) is 48.9 Å². The van der Waals surface area contributed by atoms with Gasteiger partial charge in [0.1, 0.15) is 0 Å². The average Bonchev–Trinajstić information content (AvgIpc) is 3.30. The first-order chi connectivity index (χ1) is 14.8. The second-order valence-corrected chi connectivity index (χ2v) is 9.50. The van der Waals surface area contributed by atoms with Crippen LogP contribution in [0.25, 0.3) is 0 Å². The number of carbonyl (C=O) groups excluding carboxylic acids is 1. The van der Waals surface area contributed by atoms with Crippen molar-refractivity contribution >= 4 is 23.4 Å². The van der Waals surface area contributed by atoms with Crippen LogP contribution in [0.1, 0.15) is 40.1 Å². The first kappa shape index (κ1) is 19.8. The maximum Gasteiger partial charge on any atom is 0.251 e. The van der Waals surface area contributed by atoms with Gasteiger partial charge in [-0.15, -0.1) is 0 Å². The number of amides is 1. The number of nitrogens with zero attached hydrogens (tertiary/aromatic N) is 2. The highest BCUT2D eigenvalue weighted by Gasteiger charge is 2.41. The lowest BCUT2D eigenvalue weighted by Gasteiger charge is -2.36. The average molecular weight is 424 g/mol. The highest BCUT2D eigenvalue weighted by molar-refractivity contribution is 7.99. The predicted octanol–water partition coefficient (Wildman–Crippen LogP) is 2.68. The van der Waals surface area contributed by atoms with Gasteiger partial charge in [0, 0.05) is 67.1 Å². The molecule has 3 unspecified atom stereocenters. The molecule has 0 radical (unpaired) electrons. The summed E-state index contributed by atoms with van der Waals surface area (Å²) in [6.45, 7) is 4.86. The summed E-state index contributed by atoms with van der Waals surface area (Å²) < 4.78 is 0. The minimum atomic E-state index is 0.0191. The molecule has 4 heterocycles. The van der Waals surface area contributed by atoms with Gasteiger partial charge in [0.15, 0.2) is 0 Å². The van der Waals surface area contributed by atoms with E-state index in [1.165, 1.54) is 17.1 Å². The fourth-order valence-corrected chi connectivity index (χ4v) is 5.88. The SMILES string of the molecule is O=C(NCCN1CCSCC1)c1ccc2c(c1)C1NCCC1C(c1ccccn1)N2. The summed E-state index contributed by atoms with van der Waals surface area (Å²) in [5, 5.41) is 10.5. The second-order valence-electron chi connectivity index (χ2n) is 8.27. The molecule has 1 aromatic carbocycles. The van der Waals surface area contributed by atoms with Gasteiger partial charge in [-0.1, -0.05) is 6.07 Å². The number of hydrogen-bond donors (Lipinski definition) is 3. The van der Waals surface area contributed by atoms with Gasteiger partial charge in [-0.25, -0.2) is 0 Å². The fraction of sp³-hybridized carbons (Fsp3) is 0.478. The molecule has 30 heavy (non-hydrogen) atoms. The molecule has 2 saturated heterocycles. The maximum absolute atomic E-state index is 12.8. The number of hydrogen-bond acceptors (Lipinski definition) is 6. The van der Waals surface area contributed by atoms with Crippen molar-refractivity contribution < 1.29 is 4.79 Å². The van der Waals surface area contributed by atoms with Crippen molar-refractivity contribution in [2.75, 3.05) is 49.5 Å². The first-order valence-electron chi connectivity index (χ1n) is 10.9. The van der Waals surface area contributed by atoms with Crippen molar-refractivity contribution in [3.05, 3.63) is 59.4 Å². The molecule has 0 spiro atoms. The third-order valence-electron chi connectivity index (χ3n) is 6.48. The van der Waals surface area contributed by atoms with E-state index in [0.717, 1.165) is 49.5 Å². The Kier molecular flexibility index (Phi) is 5.93. The summed E-state index contributed by atoms with van der Waals surface area (Å²) in [5.74, 6) is 2.84. The lowest BCUT2D eigenvalue weighted by Crippen LogP contribution is -2.39. The fourth-order valence-electron chi connectivity index (χ4n) is 4.90. The van der Waals surface area contributed by atoms with Gasteiger partial charge < -0.3 is 16.0 Å². The van der Waals surface area contributed by atoms with Crippen LogP contribution in [-0.4, -0.2) is 60.0 Å². The van der Waals surface area contributed by atoms with E-state index < -0.39 is 0 Å². The van der Waals surface area contributed by atoms with Crippen LogP contribution in [0, 0.1) is 5.92 Å². The Labute approximate surface area is 182 Å². The standard InChI is InChI=1S/C23H29N5OS/c29-23(26-9-10-28-11-13-30-14-12-28)16-4-5-19-18(15-16)21-17(6-8-25-21)22(27-19)20-3-1-2-7-24-20/h1-5,7,15,17,21-22,25,27H,6,8-14H2,(H,26,29). The number of nitrogens with one attached hydrogen (secondary N) is 3. The van der Waals surface area contributed by atoms with Crippen molar-refractivity contribution in [3.63, 3.8) is 0 Å². The van der Waals surface area contributed by atoms with Crippen molar-refractivity contribution in [2.24, 2.45) is 5.92 Å². The van der Waals surface area contributed by atoms with Crippen LogP contribution in [0.4, 0.5) is 5.69 Å². The van der Waals surface area contributed by atoms with E-state index >= 15 is 0 Å². The Bertz CT molecular complexity index is 886. The number of rotatable bonds is 5. The molecule has 3 aliphatic rings. The summed E-state index contributed by atoms with van der Waals surface area (Å²) in [6.07, 6.45) is 2.96. The Hall–Kier alpha value is -2.09. The number of carbonyl (C=O) groups is 1. The Morgan fingerprint density at radius 3 is 2.93 bits per heavy atom. The van der Waals surface area contributed by atoms with Crippen LogP contribution in [0.15, 0.2) is 42.6 Å².